The summed E-state index contributed by atoms with van der Waals surface area (Å²) in [4.78, 5) is 11.3. The predicted octanol–water partition coefficient (Wildman–Crippen LogP) is 2.60. The predicted molar refractivity (Wildman–Crippen MR) is 74.4 cm³/mol. The number of nitrogens with one attached hydrogen (secondary N) is 2. The molecule has 2 unspecified atom stereocenters. The van der Waals surface area contributed by atoms with E-state index in [4.69, 9.17) is 0 Å². The molecule has 3 heteroatoms. The number of rotatable bonds is 6. The zero-order valence-electron chi connectivity index (χ0n) is 11.9. The average molecular weight is 252 g/mol. The average Bonchev–Trinajstić information content (AvgIpc) is 2.95. The van der Waals surface area contributed by atoms with E-state index in [0.29, 0.717) is 12.5 Å². The lowest BCUT2D eigenvalue weighted by Crippen LogP contribution is -2.50. The highest BCUT2D eigenvalue weighted by molar-refractivity contribution is 5.79. The second kappa shape index (κ2) is 6.05. The van der Waals surface area contributed by atoms with Crippen molar-refractivity contribution in [2.45, 2.75) is 76.8 Å². The van der Waals surface area contributed by atoms with Crippen molar-refractivity contribution in [1.82, 2.24) is 10.6 Å². The van der Waals surface area contributed by atoms with Gasteiger partial charge in [-0.2, -0.15) is 0 Å². The SMILES string of the molecule is CCCC(NCC1(C)CCC(=O)N1)C1CCCC1. The Balaban J connectivity index is 1.83. The van der Waals surface area contributed by atoms with Gasteiger partial charge in [0.1, 0.15) is 0 Å². The first-order valence-corrected chi connectivity index (χ1v) is 7.67. The molecule has 1 amide bonds. The molecule has 104 valence electrons. The molecular formula is C15H28N2O. The second-order valence-electron chi connectivity index (χ2n) is 6.43. The van der Waals surface area contributed by atoms with E-state index < -0.39 is 0 Å². The molecule has 2 fully saturated rings. The van der Waals surface area contributed by atoms with Gasteiger partial charge in [0.05, 0.1) is 5.54 Å². The Labute approximate surface area is 111 Å². The molecule has 2 aliphatic rings. The molecule has 2 rings (SSSR count). The van der Waals surface area contributed by atoms with E-state index in [1.165, 1.54) is 38.5 Å². The van der Waals surface area contributed by atoms with Gasteiger partial charge < -0.3 is 10.6 Å². The fourth-order valence-electron chi connectivity index (χ4n) is 3.52. The molecule has 1 heterocycles. The first kappa shape index (κ1) is 13.9. The van der Waals surface area contributed by atoms with Crippen LogP contribution in [0.5, 0.6) is 0 Å². The van der Waals surface area contributed by atoms with E-state index in [0.717, 1.165) is 18.9 Å². The minimum Gasteiger partial charge on any atom is -0.350 e. The second-order valence-corrected chi connectivity index (χ2v) is 6.43. The molecule has 0 aromatic carbocycles. The van der Waals surface area contributed by atoms with Gasteiger partial charge in [-0.1, -0.05) is 26.2 Å². The van der Waals surface area contributed by atoms with Gasteiger partial charge in [0.15, 0.2) is 0 Å². The van der Waals surface area contributed by atoms with E-state index in [9.17, 15) is 4.79 Å². The molecule has 3 nitrogen and oxygen atoms in total. The Morgan fingerprint density at radius 3 is 2.72 bits per heavy atom. The van der Waals surface area contributed by atoms with Gasteiger partial charge in [-0.3, -0.25) is 4.79 Å². The van der Waals surface area contributed by atoms with Gasteiger partial charge in [-0.25, -0.2) is 0 Å². The van der Waals surface area contributed by atoms with Crippen molar-refractivity contribution in [1.29, 1.82) is 0 Å². The van der Waals surface area contributed by atoms with Crippen molar-refractivity contribution in [3.05, 3.63) is 0 Å². The lowest BCUT2D eigenvalue weighted by atomic mass is 9.92. The number of carbonyl (C=O) groups is 1. The summed E-state index contributed by atoms with van der Waals surface area (Å²) in [6.45, 7) is 5.37. The van der Waals surface area contributed by atoms with Crippen molar-refractivity contribution < 1.29 is 4.79 Å². The minimum absolute atomic E-state index is 0.0122. The maximum absolute atomic E-state index is 11.3. The Kier molecular flexibility index (Phi) is 4.66. The number of hydrogen-bond donors (Lipinski definition) is 2. The van der Waals surface area contributed by atoms with E-state index in [1.54, 1.807) is 0 Å². The molecule has 0 bridgehead atoms. The van der Waals surface area contributed by atoms with Crippen LogP contribution in [0, 0.1) is 5.92 Å². The summed E-state index contributed by atoms with van der Waals surface area (Å²) in [5.74, 6) is 1.08. The highest BCUT2D eigenvalue weighted by Crippen LogP contribution is 2.30. The molecule has 1 saturated heterocycles. The monoisotopic (exact) mass is 252 g/mol. The zero-order chi connectivity index (χ0) is 13.0. The highest BCUT2D eigenvalue weighted by atomic mass is 16.2. The third kappa shape index (κ3) is 3.47. The largest absolute Gasteiger partial charge is 0.350 e. The standard InChI is InChI=1S/C15H28N2O/c1-3-6-13(12-7-4-5-8-12)16-11-15(2)10-9-14(18)17-15/h12-13,16H,3-11H2,1-2H3,(H,17,18). The van der Waals surface area contributed by atoms with Gasteiger partial charge in [-0.05, 0) is 38.5 Å². The molecule has 2 atom stereocenters. The smallest absolute Gasteiger partial charge is 0.220 e. The number of carbonyl (C=O) groups excluding carboxylic acids is 1. The van der Waals surface area contributed by atoms with E-state index in [-0.39, 0.29) is 11.4 Å². The first-order chi connectivity index (χ1) is 8.63. The van der Waals surface area contributed by atoms with Crippen molar-refractivity contribution >= 4 is 5.91 Å². The van der Waals surface area contributed by atoms with Crippen molar-refractivity contribution in [2.75, 3.05) is 6.54 Å². The van der Waals surface area contributed by atoms with Crippen LogP contribution < -0.4 is 10.6 Å². The van der Waals surface area contributed by atoms with Gasteiger partial charge in [0.25, 0.3) is 0 Å². The lowest BCUT2D eigenvalue weighted by Gasteiger charge is -2.31. The van der Waals surface area contributed by atoms with Crippen LogP contribution in [0.25, 0.3) is 0 Å². The number of amides is 1. The van der Waals surface area contributed by atoms with Crippen LogP contribution in [0.15, 0.2) is 0 Å². The van der Waals surface area contributed by atoms with Crippen LogP contribution in [0.1, 0.15) is 65.2 Å². The Hall–Kier alpha value is -0.570. The summed E-state index contributed by atoms with van der Waals surface area (Å²) < 4.78 is 0. The zero-order valence-corrected chi connectivity index (χ0v) is 11.9. The maximum atomic E-state index is 11.3. The lowest BCUT2D eigenvalue weighted by molar-refractivity contribution is -0.119. The van der Waals surface area contributed by atoms with Crippen LogP contribution >= 0.6 is 0 Å². The summed E-state index contributed by atoms with van der Waals surface area (Å²) in [6, 6.07) is 0.659. The van der Waals surface area contributed by atoms with Gasteiger partial charge in [-0.15, -0.1) is 0 Å². The summed E-state index contributed by atoms with van der Waals surface area (Å²) in [6.07, 6.45) is 9.77. The van der Waals surface area contributed by atoms with Crippen LogP contribution in [-0.2, 0) is 4.79 Å². The van der Waals surface area contributed by atoms with Gasteiger partial charge in [0, 0.05) is 19.0 Å². The molecule has 0 radical (unpaired) electrons. The Morgan fingerprint density at radius 2 is 2.17 bits per heavy atom. The fraction of sp³-hybridized carbons (Fsp3) is 0.933. The third-order valence-corrected chi connectivity index (χ3v) is 4.67. The van der Waals surface area contributed by atoms with Crippen LogP contribution in [0.3, 0.4) is 0 Å². The normalized spacial score (nSPS) is 30.7. The Morgan fingerprint density at radius 1 is 1.44 bits per heavy atom. The molecule has 0 aromatic heterocycles. The molecule has 0 spiro atoms. The third-order valence-electron chi connectivity index (χ3n) is 4.67. The quantitative estimate of drug-likeness (QED) is 0.763. The topological polar surface area (TPSA) is 41.1 Å². The van der Waals surface area contributed by atoms with Crippen LogP contribution in [0.2, 0.25) is 0 Å². The first-order valence-electron chi connectivity index (χ1n) is 7.67. The summed E-state index contributed by atoms with van der Waals surface area (Å²) in [7, 11) is 0. The molecular weight excluding hydrogens is 224 g/mol. The van der Waals surface area contributed by atoms with E-state index in [1.807, 2.05) is 0 Å². The molecule has 1 aliphatic heterocycles. The van der Waals surface area contributed by atoms with Gasteiger partial charge >= 0.3 is 0 Å². The molecule has 1 aliphatic carbocycles. The Bertz CT molecular complexity index is 286. The summed E-state index contributed by atoms with van der Waals surface area (Å²) >= 11 is 0. The maximum Gasteiger partial charge on any atom is 0.220 e. The summed E-state index contributed by atoms with van der Waals surface area (Å²) in [5, 5.41) is 6.87. The fourth-order valence-corrected chi connectivity index (χ4v) is 3.52. The van der Waals surface area contributed by atoms with Crippen molar-refractivity contribution in [2.24, 2.45) is 5.92 Å². The van der Waals surface area contributed by atoms with Crippen molar-refractivity contribution in [3.8, 4) is 0 Å². The van der Waals surface area contributed by atoms with Crippen LogP contribution in [0.4, 0.5) is 0 Å². The van der Waals surface area contributed by atoms with E-state index >= 15 is 0 Å². The minimum atomic E-state index is -0.0122. The molecule has 1 saturated carbocycles. The number of hydrogen-bond acceptors (Lipinski definition) is 2. The highest BCUT2D eigenvalue weighted by Gasteiger charge is 2.34. The van der Waals surface area contributed by atoms with Crippen LogP contribution in [-0.4, -0.2) is 24.0 Å². The van der Waals surface area contributed by atoms with Gasteiger partial charge in [0.2, 0.25) is 5.91 Å². The summed E-state index contributed by atoms with van der Waals surface area (Å²) in [5.41, 5.74) is -0.0122. The van der Waals surface area contributed by atoms with E-state index in [2.05, 4.69) is 24.5 Å². The molecule has 0 aromatic rings. The molecule has 2 N–H and O–H groups in total. The molecule has 18 heavy (non-hydrogen) atoms. The van der Waals surface area contributed by atoms with Crippen molar-refractivity contribution in [3.63, 3.8) is 0 Å².